The van der Waals surface area contributed by atoms with E-state index in [1.165, 1.54) is 6.42 Å². The summed E-state index contributed by atoms with van der Waals surface area (Å²) in [7, 11) is -2.16. The molecule has 0 aromatic carbocycles. The number of rotatable bonds is 2. The quantitative estimate of drug-likeness (QED) is 0.498. The van der Waals surface area contributed by atoms with Crippen LogP contribution >= 0.6 is 15.9 Å². The lowest BCUT2D eigenvalue weighted by Crippen LogP contribution is -2.27. The van der Waals surface area contributed by atoms with Gasteiger partial charge in [-0.3, -0.25) is 8.63 Å². The summed E-state index contributed by atoms with van der Waals surface area (Å²) in [5, 5.41) is 0. The molecule has 0 saturated heterocycles. The summed E-state index contributed by atoms with van der Waals surface area (Å²) < 4.78 is 23.8. The molecule has 0 spiro atoms. The molecule has 1 fully saturated rings. The molecule has 1 aliphatic rings. The van der Waals surface area contributed by atoms with Crippen molar-refractivity contribution in [3.05, 3.63) is 0 Å². The maximum absolute atomic E-state index is 12.0. The van der Waals surface area contributed by atoms with Crippen molar-refractivity contribution in [2.45, 2.75) is 42.7 Å². The van der Waals surface area contributed by atoms with Gasteiger partial charge >= 0.3 is 7.27 Å². The molecule has 1 aliphatic carbocycles. The van der Waals surface area contributed by atoms with E-state index in [9.17, 15) is 8.63 Å². The van der Waals surface area contributed by atoms with Gasteiger partial charge in [0.2, 0.25) is 0 Å². The second-order valence-electron chi connectivity index (χ2n) is 3.31. The summed E-state index contributed by atoms with van der Waals surface area (Å²) in [5.41, 5.74) is 0. The first kappa shape index (κ1) is 9.49. The van der Waals surface area contributed by atoms with Gasteiger partial charge in [0.15, 0.2) is 0 Å². The zero-order valence-electron chi connectivity index (χ0n) is 6.45. The van der Waals surface area contributed by atoms with E-state index in [4.69, 9.17) is 0 Å². The Bertz CT molecular complexity index is 124. The van der Waals surface area contributed by atoms with Gasteiger partial charge in [-0.2, -0.15) is 0 Å². The molecule has 0 heterocycles. The molecule has 0 aromatic heterocycles. The average Bonchev–Trinajstić information content (AvgIpc) is 1.85. The SMILES string of the molecule is FB(F)CC1(Br)CCCCC1. The Morgan fingerprint density at radius 3 is 2.18 bits per heavy atom. The molecule has 0 aromatic rings. The summed E-state index contributed by atoms with van der Waals surface area (Å²) >= 11 is 3.42. The molecule has 0 bridgehead atoms. The topological polar surface area (TPSA) is 0 Å². The first-order chi connectivity index (χ1) is 5.12. The van der Waals surface area contributed by atoms with Gasteiger partial charge in [0.05, 0.1) is 0 Å². The first-order valence-electron chi connectivity index (χ1n) is 4.09. The largest absolute Gasteiger partial charge is 0.539 e. The van der Waals surface area contributed by atoms with Crippen LogP contribution in [-0.4, -0.2) is 11.6 Å². The molecule has 1 saturated carbocycles. The maximum Gasteiger partial charge on any atom is 0.539 e. The van der Waals surface area contributed by atoms with Crippen molar-refractivity contribution >= 4 is 23.2 Å². The third-order valence-electron chi connectivity index (χ3n) is 2.27. The Labute approximate surface area is 75.0 Å². The molecule has 0 amide bonds. The van der Waals surface area contributed by atoms with Gasteiger partial charge < -0.3 is 0 Å². The van der Waals surface area contributed by atoms with Gasteiger partial charge in [-0.15, -0.1) is 0 Å². The molecule has 0 aliphatic heterocycles. The van der Waals surface area contributed by atoms with Gasteiger partial charge in [0.1, 0.15) is 0 Å². The predicted octanol–water partition coefficient (Wildman–Crippen LogP) is 3.51. The predicted molar refractivity (Wildman–Crippen MR) is 47.5 cm³/mol. The van der Waals surface area contributed by atoms with Gasteiger partial charge in [-0.05, 0) is 12.8 Å². The average molecular weight is 225 g/mol. The molecule has 0 nitrogen and oxygen atoms in total. The van der Waals surface area contributed by atoms with Crippen LogP contribution in [0.3, 0.4) is 0 Å². The van der Waals surface area contributed by atoms with Gasteiger partial charge in [0, 0.05) is 10.6 Å². The Kier molecular flexibility index (Phi) is 3.35. The molecular weight excluding hydrogens is 213 g/mol. The van der Waals surface area contributed by atoms with Crippen LogP contribution in [0.1, 0.15) is 32.1 Å². The molecule has 4 heteroatoms. The summed E-state index contributed by atoms with van der Waals surface area (Å²) in [4.78, 5) is 0. The minimum atomic E-state index is -2.16. The second-order valence-corrected chi connectivity index (χ2v) is 4.99. The Balaban J connectivity index is 2.37. The highest BCUT2D eigenvalue weighted by Crippen LogP contribution is 2.40. The highest BCUT2D eigenvalue weighted by molar-refractivity contribution is 9.10. The minimum Gasteiger partial charge on any atom is -0.287 e. The van der Waals surface area contributed by atoms with Crippen molar-refractivity contribution in [1.29, 1.82) is 0 Å². The highest BCUT2D eigenvalue weighted by Gasteiger charge is 2.34. The lowest BCUT2D eigenvalue weighted by molar-refractivity contribution is 0.417. The van der Waals surface area contributed by atoms with E-state index in [1.54, 1.807) is 0 Å². The van der Waals surface area contributed by atoms with Crippen molar-refractivity contribution in [1.82, 2.24) is 0 Å². The lowest BCUT2D eigenvalue weighted by atomic mass is 9.75. The summed E-state index contributed by atoms with van der Waals surface area (Å²) in [5.74, 6) is 0. The summed E-state index contributed by atoms with van der Waals surface area (Å²) in [6, 6.07) is 0. The van der Waals surface area contributed by atoms with Crippen molar-refractivity contribution in [2.75, 3.05) is 0 Å². The Hall–Kier alpha value is 0.405. The van der Waals surface area contributed by atoms with E-state index in [1.807, 2.05) is 0 Å². The van der Waals surface area contributed by atoms with Crippen LogP contribution < -0.4 is 0 Å². The van der Waals surface area contributed by atoms with E-state index in [-0.39, 0.29) is 10.6 Å². The monoisotopic (exact) mass is 224 g/mol. The van der Waals surface area contributed by atoms with Crippen LogP contribution in [-0.2, 0) is 0 Å². The second kappa shape index (κ2) is 3.88. The normalized spacial score (nSPS) is 23.2. The maximum atomic E-state index is 12.0. The van der Waals surface area contributed by atoms with Crippen LogP contribution in [0.5, 0.6) is 0 Å². The summed E-state index contributed by atoms with van der Waals surface area (Å²) in [6.45, 7) is 0. The van der Waals surface area contributed by atoms with E-state index in [0.717, 1.165) is 25.7 Å². The summed E-state index contributed by atoms with van der Waals surface area (Å²) in [6.07, 6.45) is 5.24. The fourth-order valence-corrected chi connectivity index (χ4v) is 2.47. The van der Waals surface area contributed by atoms with Crippen molar-refractivity contribution < 1.29 is 8.63 Å². The van der Waals surface area contributed by atoms with E-state index < -0.39 is 7.27 Å². The molecular formula is C7H12BBrF2. The zero-order valence-corrected chi connectivity index (χ0v) is 8.04. The van der Waals surface area contributed by atoms with Crippen LogP contribution in [0.25, 0.3) is 0 Å². The Morgan fingerprint density at radius 1 is 1.18 bits per heavy atom. The van der Waals surface area contributed by atoms with E-state index in [2.05, 4.69) is 15.9 Å². The highest BCUT2D eigenvalue weighted by atomic mass is 79.9. The van der Waals surface area contributed by atoms with Crippen LogP contribution in [0.2, 0.25) is 6.32 Å². The van der Waals surface area contributed by atoms with E-state index in [0.29, 0.717) is 0 Å². The first-order valence-corrected chi connectivity index (χ1v) is 4.89. The fourth-order valence-electron chi connectivity index (χ4n) is 1.67. The third-order valence-corrected chi connectivity index (χ3v) is 3.39. The van der Waals surface area contributed by atoms with Crippen LogP contribution in [0.4, 0.5) is 8.63 Å². The van der Waals surface area contributed by atoms with Crippen molar-refractivity contribution in [3.63, 3.8) is 0 Å². The molecule has 11 heavy (non-hydrogen) atoms. The number of halogens is 3. The fraction of sp³-hybridized carbons (Fsp3) is 1.00. The number of hydrogen-bond donors (Lipinski definition) is 0. The zero-order chi connectivity index (χ0) is 8.32. The van der Waals surface area contributed by atoms with Crippen LogP contribution in [0, 0.1) is 0 Å². The molecule has 0 radical (unpaired) electrons. The molecule has 0 unspecified atom stereocenters. The van der Waals surface area contributed by atoms with Crippen LogP contribution in [0.15, 0.2) is 0 Å². The number of alkyl halides is 1. The van der Waals surface area contributed by atoms with Gasteiger partial charge in [0.25, 0.3) is 0 Å². The standard InChI is InChI=1S/C7H12BBrF2/c9-7(6-8(10)11)4-2-1-3-5-7/h1-6H2. The van der Waals surface area contributed by atoms with Gasteiger partial charge in [-0.1, -0.05) is 35.2 Å². The molecule has 0 N–H and O–H groups in total. The third kappa shape index (κ3) is 3.10. The minimum absolute atomic E-state index is 0.0208. The molecule has 0 atom stereocenters. The van der Waals surface area contributed by atoms with Crippen molar-refractivity contribution in [3.8, 4) is 0 Å². The number of hydrogen-bond acceptors (Lipinski definition) is 0. The van der Waals surface area contributed by atoms with E-state index >= 15 is 0 Å². The molecule has 1 rings (SSSR count). The lowest BCUT2D eigenvalue weighted by Gasteiger charge is -2.30. The van der Waals surface area contributed by atoms with Gasteiger partial charge in [-0.25, -0.2) is 0 Å². The smallest absolute Gasteiger partial charge is 0.287 e. The molecule has 64 valence electrons. The van der Waals surface area contributed by atoms with Crippen molar-refractivity contribution in [2.24, 2.45) is 0 Å². The Morgan fingerprint density at radius 2 is 1.73 bits per heavy atom.